The highest BCUT2D eigenvalue weighted by Crippen LogP contribution is 2.36. The molecule has 0 saturated carbocycles. The lowest BCUT2D eigenvalue weighted by molar-refractivity contribution is 0.00578. The summed E-state index contributed by atoms with van der Waals surface area (Å²) >= 11 is 18.3. The molecular formula is C44H56BCl3N14O6. The van der Waals surface area contributed by atoms with Gasteiger partial charge in [0, 0.05) is 67.3 Å². The first kappa shape index (κ1) is 52.8. The summed E-state index contributed by atoms with van der Waals surface area (Å²) in [6.07, 6.45) is 5.40. The number of hydrogen-bond acceptors (Lipinski definition) is 16. The number of carbonyl (C=O) groups is 2. The molecule has 2 amide bonds. The van der Waals surface area contributed by atoms with E-state index in [4.69, 9.17) is 53.6 Å². The van der Waals surface area contributed by atoms with Crippen LogP contribution in [-0.4, -0.2) is 91.2 Å². The Morgan fingerprint density at radius 3 is 1.57 bits per heavy atom. The molecule has 5 heterocycles. The van der Waals surface area contributed by atoms with Crippen LogP contribution in [0.3, 0.4) is 0 Å². The summed E-state index contributed by atoms with van der Waals surface area (Å²) in [7, 11) is 3.19. The molecule has 7 rings (SSSR count). The molecule has 0 bridgehead atoms. The molecule has 0 atom stereocenters. The number of amides is 2. The summed E-state index contributed by atoms with van der Waals surface area (Å²) in [4.78, 5) is 47.7. The summed E-state index contributed by atoms with van der Waals surface area (Å²) in [5, 5.41) is 20.8. The van der Waals surface area contributed by atoms with Gasteiger partial charge in [-0.2, -0.15) is 20.2 Å². The van der Waals surface area contributed by atoms with E-state index in [1.807, 2.05) is 111 Å². The molecule has 1 aliphatic rings. The van der Waals surface area contributed by atoms with Crippen LogP contribution in [0.2, 0.25) is 15.3 Å². The lowest BCUT2D eigenvalue weighted by Gasteiger charge is -2.32. The molecule has 1 aliphatic heterocycles. The van der Waals surface area contributed by atoms with Crippen LogP contribution >= 0.6 is 34.8 Å². The predicted molar refractivity (Wildman–Crippen MR) is 261 cm³/mol. The monoisotopic (exact) mass is 992 g/mol. The number of anilines is 4. The van der Waals surface area contributed by atoms with Gasteiger partial charge in [-0.05, 0) is 110 Å². The first-order valence-electron chi connectivity index (χ1n) is 21.2. The zero-order chi connectivity index (χ0) is 50.0. The van der Waals surface area contributed by atoms with Crippen LogP contribution in [0.1, 0.15) is 80.4 Å². The van der Waals surface area contributed by atoms with Crippen LogP contribution in [0.5, 0.6) is 0 Å². The molecule has 24 heteroatoms. The van der Waals surface area contributed by atoms with E-state index in [-0.39, 0.29) is 18.4 Å². The van der Waals surface area contributed by atoms with Crippen molar-refractivity contribution in [3.05, 3.63) is 100 Å². The second kappa shape index (κ2) is 22.3. The Balaban J connectivity index is 0.000000201. The minimum atomic E-state index is -0.558. The number of halogens is 3. The zero-order valence-corrected chi connectivity index (χ0v) is 42.2. The molecule has 4 aromatic heterocycles. The first-order valence-corrected chi connectivity index (χ1v) is 22.3. The van der Waals surface area contributed by atoms with Crippen LogP contribution in [0, 0.1) is 0 Å². The number of hydrogen-bond donors (Lipinski definition) is 4. The molecule has 4 N–H and O–H groups in total. The molecule has 20 nitrogen and oxygen atoms in total. The van der Waals surface area contributed by atoms with Crippen molar-refractivity contribution in [2.24, 2.45) is 14.1 Å². The van der Waals surface area contributed by atoms with Crippen LogP contribution < -0.4 is 26.7 Å². The standard InChI is InChI=1S/C19H22ClN7O2.C18H27BClNO4.C7H7ClN6/c1-19(2,3)29-18(28)21-10-13-6-5-12(9-14(13)20)16-22-11-23-17(25-16)24-15-7-8-27(4)26-15;1-16(2,3)23-15(22)21-11-12-8-9-13(10-14(12)20)19-24-17(4,5)18(6,7)25-19;1-14-3-2-5(13-14)11-7-10-4-9-6(8)12-7/h5-9,11H,10H2,1-4H3,(H,21,28)(H,22,23,24,25,26);8-10H,11H2,1-7H3,(H,21,22);2-4H,1H3,(H,9,10,11,12,13). The molecule has 0 unspecified atom stereocenters. The van der Waals surface area contributed by atoms with Gasteiger partial charge in [0.15, 0.2) is 17.5 Å². The van der Waals surface area contributed by atoms with Crippen LogP contribution in [-0.2, 0) is 46.0 Å². The fraction of sp³-hybridized carbons (Fsp3) is 0.409. The molecule has 68 heavy (non-hydrogen) atoms. The van der Waals surface area contributed by atoms with E-state index < -0.39 is 41.7 Å². The van der Waals surface area contributed by atoms with E-state index in [2.05, 4.69) is 61.4 Å². The van der Waals surface area contributed by atoms with Gasteiger partial charge in [-0.3, -0.25) is 9.36 Å². The third-order valence-corrected chi connectivity index (χ3v) is 10.5. The molecule has 0 aliphatic carbocycles. The third kappa shape index (κ3) is 16.3. The van der Waals surface area contributed by atoms with Gasteiger partial charge in [0.25, 0.3) is 0 Å². The summed E-state index contributed by atoms with van der Waals surface area (Å²) in [6.45, 7) is 19.4. The normalized spacial score (nSPS) is 13.8. The van der Waals surface area contributed by atoms with E-state index in [1.54, 1.807) is 42.3 Å². The fourth-order valence-corrected chi connectivity index (χ4v) is 6.28. The smallest absolute Gasteiger partial charge is 0.444 e. The van der Waals surface area contributed by atoms with Gasteiger partial charge < -0.3 is 40.0 Å². The Labute approximate surface area is 410 Å². The maximum Gasteiger partial charge on any atom is 0.494 e. The highest BCUT2D eigenvalue weighted by Gasteiger charge is 2.51. The van der Waals surface area contributed by atoms with E-state index in [0.29, 0.717) is 39.4 Å². The van der Waals surface area contributed by atoms with Crippen molar-refractivity contribution in [2.75, 3.05) is 10.6 Å². The van der Waals surface area contributed by atoms with Crippen molar-refractivity contribution in [3.8, 4) is 11.4 Å². The SMILES string of the molecule is CC(C)(C)OC(=O)NCc1ccc(B2OC(C)(C)C(C)(C)O2)cc1Cl.Cn1ccc(Nc2ncnc(-c3ccc(CNC(=O)OC(C)(C)C)c(Cl)c3)n2)n1.Cn1ccc(Nc2ncnc(Cl)n2)n1. The topological polar surface area (TPSA) is 232 Å². The van der Waals surface area contributed by atoms with E-state index in [9.17, 15) is 9.59 Å². The molecule has 0 radical (unpaired) electrons. The number of rotatable bonds is 10. The summed E-state index contributed by atoms with van der Waals surface area (Å²) < 4.78 is 25.8. The second-order valence-corrected chi connectivity index (χ2v) is 19.3. The maximum atomic E-state index is 11.8. The molecule has 1 fully saturated rings. The minimum absolute atomic E-state index is 0.151. The predicted octanol–water partition coefficient (Wildman–Crippen LogP) is 8.36. The average molecular weight is 994 g/mol. The number of alkyl carbamates (subject to hydrolysis) is 2. The van der Waals surface area contributed by atoms with Gasteiger partial charge in [0.05, 0.1) is 11.2 Å². The Morgan fingerprint density at radius 2 is 1.13 bits per heavy atom. The molecule has 0 spiro atoms. The third-order valence-electron chi connectivity index (χ3n) is 9.58. The van der Waals surface area contributed by atoms with E-state index in [0.717, 1.165) is 22.2 Å². The largest absolute Gasteiger partial charge is 0.494 e. The molecule has 2 aromatic carbocycles. The quantitative estimate of drug-likeness (QED) is 0.0944. The Hall–Kier alpha value is -6.13. The number of ether oxygens (including phenoxy) is 2. The van der Waals surface area contributed by atoms with Crippen molar-refractivity contribution in [2.45, 2.75) is 105 Å². The van der Waals surface area contributed by atoms with Crippen LogP contribution in [0.25, 0.3) is 11.4 Å². The maximum absolute atomic E-state index is 11.8. The molecule has 1 saturated heterocycles. The number of nitrogens with zero attached hydrogens (tertiary/aromatic N) is 10. The highest BCUT2D eigenvalue weighted by atomic mass is 35.5. The number of aryl methyl sites for hydroxylation is 2. The summed E-state index contributed by atoms with van der Waals surface area (Å²) in [5.74, 6) is 2.51. The van der Waals surface area contributed by atoms with Gasteiger partial charge in [-0.25, -0.2) is 29.5 Å². The summed E-state index contributed by atoms with van der Waals surface area (Å²) in [5.41, 5.74) is 1.23. The Bertz CT molecular complexity index is 2650. The minimum Gasteiger partial charge on any atom is -0.444 e. The Kier molecular flexibility index (Phi) is 17.3. The van der Waals surface area contributed by atoms with Crippen LogP contribution in [0.15, 0.2) is 73.6 Å². The number of carbonyl (C=O) groups excluding carboxylic acids is 2. The van der Waals surface area contributed by atoms with E-state index >= 15 is 0 Å². The highest BCUT2D eigenvalue weighted by molar-refractivity contribution is 6.62. The van der Waals surface area contributed by atoms with Gasteiger partial charge in [0.2, 0.25) is 17.2 Å². The second-order valence-electron chi connectivity index (χ2n) is 18.2. The van der Waals surface area contributed by atoms with Crippen molar-refractivity contribution in [1.82, 2.24) is 60.1 Å². The average Bonchev–Trinajstić information content (AvgIpc) is 3.90. The van der Waals surface area contributed by atoms with E-state index in [1.165, 1.54) is 12.7 Å². The van der Waals surface area contributed by atoms with Crippen molar-refractivity contribution in [1.29, 1.82) is 0 Å². The van der Waals surface area contributed by atoms with Gasteiger partial charge in [-0.1, -0.05) is 47.5 Å². The fourth-order valence-electron chi connectivity index (χ4n) is 5.65. The Morgan fingerprint density at radius 1 is 0.662 bits per heavy atom. The van der Waals surface area contributed by atoms with Crippen LogP contribution in [0.4, 0.5) is 33.1 Å². The van der Waals surface area contributed by atoms with Gasteiger partial charge in [-0.15, -0.1) is 0 Å². The van der Waals surface area contributed by atoms with Gasteiger partial charge >= 0.3 is 19.3 Å². The lowest BCUT2D eigenvalue weighted by Crippen LogP contribution is -2.41. The molecular weight excluding hydrogens is 938 g/mol. The van der Waals surface area contributed by atoms with Crippen molar-refractivity contribution < 1.29 is 28.4 Å². The number of aromatic nitrogens is 10. The summed E-state index contributed by atoms with van der Waals surface area (Å²) in [6, 6.07) is 14.6. The molecule has 362 valence electrons. The van der Waals surface area contributed by atoms with Crippen molar-refractivity contribution in [3.63, 3.8) is 0 Å². The number of benzene rings is 2. The van der Waals surface area contributed by atoms with Gasteiger partial charge in [0.1, 0.15) is 23.9 Å². The zero-order valence-electron chi connectivity index (χ0n) is 40.0. The number of nitrogens with one attached hydrogen (secondary N) is 4. The first-order chi connectivity index (χ1) is 31.7. The molecule has 6 aromatic rings. The van der Waals surface area contributed by atoms with Crippen molar-refractivity contribution >= 4 is 83.1 Å². The lowest BCUT2D eigenvalue weighted by atomic mass is 9.79.